The van der Waals surface area contributed by atoms with Gasteiger partial charge in [-0.25, -0.2) is 0 Å². The van der Waals surface area contributed by atoms with Crippen LogP contribution in [0.3, 0.4) is 0 Å². The fourth-order valence-electron chi connectivity index (χ4n) is 6.76. The van der Waals surface area contributed by atoms with E-state index in [1.54, 1.807) is 7.11 Å². The van der Waals surface area contributed by atoms with Crippen molar-refractivity contribution in [3.63, 3.8) is 0 Å². The molecule has 0 amide bonds. The Kier molecular flexibility index (Phi) is 6.95. The Labute approximate surface area is 196 Å². The largest absolute Gasteiger partial charge is 0.388 e. The maximum Gasteiger partial charge on any atom is 0.186 e. The first-order valence-corrected chi connectivity index (χ1v) is 12.3. The Morgan fingerprint density at radius 2 is 1.88 bits per heavy atom. The van der Waals surface area contributed by atoms with Crippen LogP contribution in [0.4, 0.5) is 0 Å². The number of aldehydes is 1. The van der Waals surface area contributed by atoms with Gasteiger partial charge in [0.15, 0.2) is 6.29 Å². The molecule has 186 valence electrons. The Hall–Kier alpha value is -1.09. The van der Waals surface area contributed by atoms with Crippen LogP contribution in [0, 0.1) is 22.7 Å². The first-order valence-electron chi connectivity index (χ1n) is 12.3. The highest BCUT2D eigenvalue weighted by molar-refractivity contribution is 5.75. The molecule has 33 heavy (non-hydrogen) atoms. The maximum absolute atomic E-state index is 12.1. The maximum atomic E-state index is 12.1. The average Bonchev–Trinajstić information content (AvgIpc) is 3.08. The number of ether oxygens (including phenoxy) is 3. The Morgan fingerprint density at radius 3 is 2.52 bits per heavy atom. The van der Waals surface area contributed by atoms with Crippen LogP contribution in [-0.2, 0) is 19.0 Å². The molecule has 3 N–H and O–H groups in total. The van der Waals surface area contributed by atoms with E-state index >= 15 is 0 Å². The molecule has 0 bridgehead atoms. The Morgan fingerprint density at radius 1 is 1.15 bits per heavy atom. The van der Waals surface area contributed by atoms with Gasteiger partial charge in [0.05, 0.1) is 18.8 Å². The Balaban J connectivity index is 1.77. The molecule has 3 aliphatic carbocycles. The van der Waals surface area contributed by atoms with Crippen LogP contribution in [0.15, 0.2) is 22.8 Å². The quantitative estimate of drug-likeness (QED) is 0.424. The van der Waals surface area contributed by atoms with Gasteiger partial charge < -0.3 is 29.5 Å². The summed E-state index contributed by atoms with van der Waals surface area (Å²) in [5, 5.41) is 30.5. The van der Waals surface area contributed by atoms with E-state index in [2.05, 4.69) is 27.7 Å². The number of hydrogen-bond donors (Lipinski definition) is 3. The van der Waals surface area contributed by atoms with E-state index < -0.39 is 30.7 Å². The summed E-state index contributed by atoms with van der Waals surface area (Å²) in [4.78, 5) is 12.1. The number of aliphatic hydroxyl groups is 3. The van der Waals surface area contributed by atoms with E-state index in [1.807, 2.05) is 6.08 Å². The van der Waals surface area contributed by atoms with Crippen molar-refractivity contribution in [1.82, 2.24) is 0 Å². The van der Waals surface area contributed by atoms with Crippen molar-refractivity contribution in [3.05, 3.63) is 22.8 Å². The first kappa shape index (κ1) is 25.0. The average molecular weight is 465 g/mol. The molecule has 9 unspecified atom stereocenters. The van der Waals surface area contributed by atoms with Gasteiger partial charge in [0.1, 0.15) is 24.6 Å². The van der Waals surface area contributed by atoms with Gasteiger partial charge in [-0.1, -0.05) is 38.8 Å². The van der Waals surface area contributed by atoms with Crippen molar-refractivity contribution in [2.75, 3.05) is 13.7 Å². The van der Waals surface area contributed by atoms with Gasteiger partial charge in [0.2, 0.25) is 0 Å². The fraction of sp³-hybridized carbons (Fsp3) is 0.808. The van der Waals surface area contributed by atoms with Crippen molar-refractivity contribution < 1.29 is 34.3 Å². The van der Waals surface area contributed by atoms with Crippen molar-refractivity contribution in [3.8, 4) is 0 Å². The van der Waals surface area contributed by atoms with Crippen LogP contribution < -0.4 is 0 Å². The second kappa shape index (κ2) is 9.17. The van der Waals surface area contributed by atoms with Gasteiger partial charge in [-0.3, -0.25) is 4.79 Å². The summed E-state index contributed by atoms with van der Waals surface area (Å²) >= 11 is 0. The lowest BCUT2D eigenvalue weighted by atomic mass is 9.54. The lowest BCUT2D eigenvalue weighted by molar-refractivity contribution is -0.289. The van der Waals surface area contributed by atoms with E-state index in [1.165, 1.54) is 11.1 Å². The predicted octanol–water partition coefficient (Wildman–Crippen LogP) is 2.52. The number of hydrogen-bond acceptors (Lipinski definition) is 7. The topological polar surface area (TPSA) is 105 Å². The van der Waals surface area contributed by atoms with Crippen molar-refractivity contribution in [1.29, 1.82) is 0 Å². The standard InChI is InChI=1S/C26H40O7/c1-14(2)16-6-7-25(3)8-9-26(4)17(21(16)25)11-19(31-5)15(12-27)10-20(26)33-24-23(30)22(29)18(28)13-32-24/h10,12,14,17-20,22-24,28-30H,6-9,11,13H2,1-5H3. The molecule has 0 aromatic heterocycles. The van der Waals surface area contributed by atoms with E-state index in [-0.39, 0.29) is 29.5 Å². The first-order chi connectivity index (χ1) is 15.6. The molecule has 7 nitrogen and oxygen atoms in total. The summed E-state index contributed by atoms with van der Waals surface area (Å²) < 4.78 is 17.8. The molecule has 1 aliphatic heterocycles. The van der Waals surface area contributed by atoms with Crippen LogP contribution in [-0.4, -0.2) is 72.1 Å². The van der Waals surface area contributed by atoms with Crippen LogP contribution >= 0.6 is 0 Å². The molecule has 7 heteroatoms. The molecule has 0 aromatic carbocycles. The predicted molar refractivity (Wildman–Crippen MR) is 122 cm³/mol. The van der Waals surface area contributed by atoms with Gasteiger partial charge >= 0.3 is 0 Å². The molecule has 9 atom stereocenters. The highest BCUT2D eigenvalue weighted by atomic mass is 16.7. The molecular weight excluding hydrogens is 424 g/mol. The summed E-state index contributed by atoms with van der Waals surface area (Å²) in [6.07, 6.45) is 1.72. The summed E-state index contributed by atoms with van der Waals surface area (Å²) in [5.41, 5.74) is 3.35. The van der Waals surface area contributed by atoms with Crippen molar-refractivity contribution >= 4 is 6.29 Å². The molecule has 2 fully saturated rings. The van der Waals surface area contributed by atoms with E-state index in [0.29, 0.717) is 17.9 Å². The number of aliphatic hydroxyl groups excluding tert-OH is 3. The molecule has 1 saturated heterocycles. The fourth-order valence-corrected chi connectivity index (χ4v) is 6.76. The van der Waals surface area contributed by atoms with E-state index in [9.17, 15) is 20.1 Å². The zero-order valence-electron chi connectivity index (χ0n) is 20.5. The molecule has 0 aromatic rings. The van der Waals surface area contributed by atoms with Gasteiger partial charge in [-0.15, -0.1) is 0 Å². The van der Waals surface area contributed by atoms with Crippen molar-refractivity contribution in [2.24, 2.45) is 22.7 Å². The second-order valence-electron chi connectivity index (χ2n) is 11.3. The highest BCUT2D eigenvalue weighted by Crippen LogP contribution is 2.63. The van der Waals surface area contributed by atoms with Gasteiger partial charge in [-0.05, 0) is 55.4 Å². The minimum absolute atomic E-state index is 0.124. The second-order valence-corrected chi connectivity index (χ2v) is 11.3. The third-order valence-corrected chi connectivity index (χ3v) is 8.97. The summed E-state index contributed by atoms with van der Waals surface area (Å²) in [6.45, 7) is 8.97. The van der Waals surface area contributed by atoms with E-state index in [0.717, 1.165) is 32.0 Å². The van der Waals surface area contributed by atoms with Crippen LogP contribution in [0.5, 0.6) is 0 Å². The zero-order valence-corrected chi connectivity index (χ0v) is 20.5. The number of rotatable bonds is 5. The molecule has 0 spiro atoms. The minimum Gasteiger partial charge on any atom is -0.388 e. The molecule has 1 heterocycles. The zero-order chi connectivity index (χ0) is 24.1. The van der Waals surface area contributed by atoms with Crippen LogP contribution in [0.25, 0.3) is 0 Å². The number of fused-ring (bicyclic) bond motifs is 3. The van der Waals surface area contributed by atoms with Gasteiger partial charge in [-0.2, -0.15) is 0 Å². The SMILES string of the molecule is COC1CC2C3=C(C(C)C)CCC3(C)CCC2(C)C(OC2OCC(O)C(O)C2O)C=C1C=O. The summed E-state index contributed by atoms with van der Waals surface area (Å²) in [5.74, 6) is 0.600. The van der Waals surface area contributed by atoms with Gasteiger partial charge in [0, 0.05) is 18.1 Å². The lowest BCUT2D eigenvalue weighted by Crippen LogP contribution is -2.56. The smallest absolute Gasteiger partial charge is 0.186 e. The van der Waals surface area contributed by atoms with Crippen LogP contribution in [0.1, 0.15) is 59.8 Å². The third-order valence-electron chi connectivity index (χ3n) is 8.97. The Bertz CT molecular complexity index is 819. The number of carbonyl (C=O) groups excluding carboxylic acids is 1. The molecule has 4 aliphatic rings. The van der Waals surface area contributed by atoms with Gasteiger partial charge in [0.25, 0.3) is 0 Å². The monoisotopic (exact) mass is 464 g/mol. The van der Waals surface area contributed by atoms with Crippen LogP contribution in [0.2, 0.25) is 0 Å². The molecule has 1 saturated carbocycles. The number of allylic oxidation sites excluding steroid dienone is 2. The lowest BCUT2D eigenvalue weighted by Gasteiger charge is -2.53. The normalized spacial score (nSPS) is 46.0. The third kappa shape index (κ3) is 4.15. The van der Waals surface area contributed by atoms with E-state index in [4.69, 9.17) is 14.2 Å². The minimum atomic E-state index is -1.38. The number of carbonyl (C=O) groups is 1. The molecule has 4 rings (SSSR count). The van der Waals surface area contributed by atoms with Crippen molar-refractivity contribution in [2.45, 2.75) is 96.6 Å². The summed E-state index contributed by atoms with van der Waals surface area (Å²) in [6, 6.07) is 0. The highest BCUT2D eigenvalue weighted by Gasteiger charge is 2.57. The molecule has 0 radical (unpaired) electrons. The summed E-state index contributed by atoms with van der Waals surface area (Å²) in [7, 11) is 1.64. The number of methoxy groups -OCH3 is 1. The molecular formula is C26H40O7.